The highest BCUT2D eigenvalue weighted by Gasteiger charge is 2.26. The van der Waals surface area contributed by atoms with Gasteiger partial charge in [0.1, 0.15) is 0 Å². The van der Waals surface area contributed by atoms with Crippen molar-refractivity contribution >= 4 is 5.91 Å². The SMILES string of the molecule is O=C(CCc1ccccc1)N1CCCCC1CCn1ccnn1. The highest BCUT2D eigenvalue weighted by atomic mass is 16.2. The van der Waals surface area contributed by atoms with Gasteiger partial charge in [-0.2, -0.15) is 0 Å². The molecule has 23 heavy (non-hydrogen) atoms. The van der Waals surface area contributed by atoms with Gasteiger partial charge in [-0.1, -0.05) is 35.5 Å². The molecule has 5 nitrogen and oxygen atoms in total. The summed E-state index contributed by atoms with van der Waals surface area (Å²) >= 11 is 0. The van der Waals surface area contributed by atoms with Gasteiger partial charge >= 0.3 is 0 Å². The lowest BCUT2D eigenvalue weighted by atomic mass is 9.98. The molecule has 122 valence electrons. The molecular formula is C18H24N4O. The smallest absolute Gasteiger partial charge is 0.223 e. The van der Waals surface area contributed by atoms with E-state index in [2.05, 4.69) is 27.3 Å². The fourth-order valence-electron chi connectivity index (χ4n) is 3.30. The average Bonchev–Trinajstić information content (AvgIpc) is 3.12. The third-order valence-corrected chi connectivity index (χ3v) is 4.58. The second-order valence-corrected chi connectivity index (χ2v) is 6.18. The Labute approximate surface area is 137 Å². The first-order valence-corrected chi connectivity index (χ1v) is 8.50. The lowest BCUT2D eigenvalue weighted by Crippen LogP contribution is -2.44. The maximum Gasteiger partial charge on any atom is 0.223 e. The van der Waals surface area contributed by atoms with E-state index in [1.165, 1.54) is 12.0 Å². The standard InChI is InChI=1S/C18H24N4O/c23-18(10-9-16-6-2-1-3-7-16)22-13-5-4-8-17(22)11-14-21-15-12-19-20-21/h1-3,6-7,12,15,17H,4-5,8-11,13-14H2. The summed E-state index contributed by atoms with van der Waals surface area (Å²) in [5.41, 5.74) is 1.23. The van der Waals surface area contributed by atoms with Gasteiger partial charge in [-0.3, -0.25) is 9.48 Å². The monoisotopic (exact) mass is 312 g/mol. The fourth-order valence-corrected chi connectivity index (χ4v) is 3.30. The van der Waals surface area contributed by atoms with E-state index >= 15 is 0 Å². The van der Waals surface area contributed by atoms with Crippen molar-refractivity contribution in [2.45, 2.75) is 51.1 Å². The third-order valence-electron chi connectivity index (χ3n) is 4.58. The molecule has 1 amide bonds. The molecule has 1 aromatic carbocycles. The number of aromatic nitrogens is 3. The molecule has 1 atom stereocenters. The highest BCUT2D eigenvalue weighted by Crippen LogP contribution is 2.21. The normalized spacial score (nSPS) is 18.1. The first-order valence-electron chi connectivity index (χ1n) is 8.50. The number of rotatable bonds is 6. The van der Waals surface area contributed by atoms with Gasteiger partial charge in [-0.05, 0) is 37.7 Å². The molecular weight excluding hydrogens is 288 g/mol. The summed E-state index contributed by atoms with van der Waals surface area (Å²) in [5, 5.41) is 7.85. The Morgan fingerprint density at radius 3 is 2.87 bits per heavy atom. The quantitative estimate of drug-likeness (QED) is 0.824. The molecule has 0 spiro atoms. The zero-order chi connectivity index (χ0) is 15.9. The summed E-state index contributed by atoms with van der Waals surface area (Å²) in [6.45, 7) is 1.72. The van der Waals surface area contributed by atoms with Crippen molar-refractivity contribution in [3.63, 3.8) is 0 Å². The molecule has 0 saturated carbocycles. The number of benzene rings is 1. The highest BCUT2D eigenvalue weighted by molar-refractivity contribution is 5.76. The predicted octanol–water partition coefficient (Wildman–Crippen LogP) is 2.68. The van der Waals surface area contributed by atoms with Gasteiger partial charge in [0, 0.05) is 31.7 Å². The predicted molar refractivity (Wildman–Crippen MR) is 88.8 cm³/mol. The maximum atomic E-state index is 12.6. The van der Waals surface area contributed by atoms with Crippen molar-refractivity contribution in [1.82, 2.24) is 19.9 Å². The number of piperidine rings is 1. The average molecular weight is 312 g/mol. The number of hydrogen-bond donors (Lipinski definition) is 0. The van der Waals surface area contributed by atoms with E-state index in [0.29, 0.717) is 12.5 Å². The molecule has 3 rings (SSSR count). The number of nitrogens with zero attached hydrogens (tertiary/aromatic N) is 4. The largest absolute Gasteiger partial charge is 0.340 e. The van der Waals surface area contributed by atoms with Crippen molar-refractivity contribution in [1.29, 1.82) is 0 Å². The molecule has 0 N–H and O–H groups in total. The number of amides is 1. The van der Waals surface area contributed by atoms with Gasteiger partial charge < -0.3 is 4.90 Å². The van der Waals surface area contributed by atoms with E-state index < -0.39 is 0 Å². The van der Waals surface area contributed by atoms with Gasteiger partial charge in [0.2, 0.25) is 5.91 Å². The van der Waals surface area contributed by atoms with Gasteiger partial charge in [0.15, 0.2) is 0 Å². The zero-order valence-electron chi connectivity index (χ0n) is 13.5. The molecule has 2 aromatic rings. The Morgan fingerprint density at radius 2 is 2.09 bits per heavy atom. The second kappa shape index (κ2) is 7.90. The molecule has 1 aliphatic heterocycles. The number of carbonyl (C=O) groups is 1. The van der Waals surface area contributed by atoms with E-state index in [9.17, 15) is 4.79 Å². The third kappa shape index (κ3) is 4.41. The number of aryl methyl sites for hydroxylation is 2. The summed E-state index contributed by atoms with van der Waals surface area (Å²) in [5.74, 6) is 0.289. The topological polar surface area (TPSA) is 51.0 Å². The number of likely N-dealkylation sites (tertiary alicyclic amines) is 1. The first kappa shape index (κ1) is 15.7. The molecule has 2 heterocycles. The summed E-state index contributed by atoms with van der Waals surface area (Å²) in [7, 11) is 0. The Kier molecular flexibility index (Phi) is 5.40. The van der Waals surface area contributed by atoms with Crippen molar-refractivity contribution < 1.29 is 4.79 Å². The van der Waals surface area contributed by atoms with Crippen molar-refractivity contribution in [3.05, 3.63) is 48.3 Å². The molecule has 0 radical (unpaired) electrons. The van der Waals surface area contributed by atoms with E-state index in [0.717, 1.165) is 38.8 Å². The minimum atomic E-state index is 0.289. The van der Waals surface area contributed by atoms with Crippen molar-refractivity contribution in [3.8, 4) is 0 Å². The minimum absolute atomic E-state index is 0.289. The van der Waals surface area contributed by atoms with Crippen LogP contribution < -0.4 is 0 Å². The molecule has 1 unspecified atom stereocenters. The molecule has 1 fully saturated rings. The Morgan fingerprint density at radius 1 is 1.22 bits per heavy atom. The molecule has 1 aliphatic rings. The second-order valence-electron chi connectivity index (χ2n) is 6.18. The Hall–Kier alpha value is -2.17. The lowest BCUT2D eigenvalue weighted by Gasteiger charge is -2.36. The van der Waals surface area contributed by atoms with Crippen LogP contribution in [-0.4, -0.2) is 38.4 Å². The molecule has 1 aromatic heterocycles. The van der Waals surface area contributed by atoms with Gasteiger partial charge in [0.05, 0.1) is 6.20 Å². The van der Waals surface area contributed by atoms with Crippen LogP contribution in [0.3, 0.4) is 0 Å². The fraction of sp³-hybridized carbons (Fsp3) is 0.500. The van der Waals surface area contributed by atoms with Crippen LogP contribution in [0.1, 0.15) is 37.7 Å². The summed E-state index contributed by atoms with van der Waals surface area (Å²) < 4.78 is 1.85. The van der Waals surface area contributed by atoms with Crippen molar-refractivity contribution in [2.24, 2.45) is 0 Å². The Bertz CT molecular complexity index is 597. The van der Waals surface area contributed by atoms with E-state index in [1.54, 1.807) is 6.20 Å². The van der Waals surface area contributed by atoms with Crippen molar-refractivity contribution in [2.75, 3.05) is 6.54 Å². The van der Waals surface area contributed by atoms with E-state index in [4.69, 9.17) is 0 Å². The van der Waals surface area contributed by atoms with E-state index in [-0.39, 0.29) is 5.91 Å². The zero-order valence-corrected chi connectivity index (χ0v) is 13.5. The minimum Gasteiger partial charge on any atom is -0.340 e. The molecule has 5 heteroatoms. The first-order chi connectivity index (χ1) is 11.3. The van der Waals surface area contributed by atoms with E-state index in [1.807, 2.05) is 29.1 Å². The molecule has 0 aliphatic carbocycles. The summed E-state index contributed by atoms with van der Waals surface area (Å²) in [4.78, 5) is 14.7. The van der Waals surface area contributed by atoms with Crippen LogP contribution in [0.2, 0.25) is 0 Å². The van der Waals surface area contributed by atoms with Crippen LogP contribution in [0.25, 0.3) is 0 Å². The van der Waals surface area contributed by atoms with Crippen LogP contribution in [0.5, 0.6) is 0 Å². The van der Waals surface area contributed by atoms with Crippen LogP contribution in [-0.2, 0) is 17.8 Å². The maximum absolute atomic E-state index is 12.6. The van der Waals surface area contributed by atoms with Gasteiger partial charge in [0.25, 0.3) is 0 Å². The Balaban J connectivity index is 1.53. The lowest BCUT2D eigenvalue weighted by molar-refractivity contribution is -0.135. The van der Waals surface area contributed by atoms with Gasteiger partial charge in [-0.15, -0.1) is 5.10 Å². The van der Waals surface area contributed by atoms with Crippen LogP contribution >= 0.6 is 0 Å². The number of carbonyl (C=O) groups excluding carboxylic acids is 1. The van der Waals surface area contributed by atoms with Gasteiger partial charge in [-0.25, -0.2) is 0 Å². The molecule has 1 saturated heterocycles. The van der Waals surface area contributed by atoms with Crippen LogP contribution in [0.4, 0.5) is 0 Å². The molecule has 0 bridgehead atoms. The summed E-state index contributed by atoms with van der Waals surface area (Å²) in [6.07, 6.45) is 9.40. The van der Waals surface area contributed by atoms with Crippen LogP contribution in [0.15, 0.2) is 42.7 Å². The van der Waals surface area contributed by atoms with Crippen LogP contribution in [0, 0.1) is 0 Å². The number of hydrogen-bond acceptors (Lipinski definition) is 3. The summed E-state index contributed by atoms with van der Waals surface area (Å²) in [6, 6.07) is 10.6.